The molecule has 2 saturated heterocycles. The van der Waals surface area contributed by atoms with Gasteiger partial charge in [-0.05, 0) is 74.5 Å². The summed E-state index contributed by atoms with van der Waals surface area (Å²) in [7, 11) is 0. The monoisotopic (exact) mass is 446 g/mol. The summed E-state index contributed by atoms with van der Waals surface area (Å²) in [6.07, 6.45) is 9.63. The number of benzene rings is 1. The molecule has 2 aliphatic heterocycles. The zero-order chi connectivity index (χ0) is 23.0. The van der Waals surface area contributed by atoms with Gasteiger partial charge in [0.25, 0.3) is 0 Å². The van der Waals surface area contributed by atoms with Crippen LogP contribution in [0.25, 0.3) is 5.69 Å². The van der Waals surface area contributed by atoms with Gasteiger partial charge in [0.15, 0.2) is 5.78 Å². The number of likely N-dealkylation sites (tertiary alicyclic amines) is 2. The summed E-state index contributed by atoms with van der Waals surface area (Å²) in [6.45, 7) is 6.99. The average molecular weight is 447 g/mol. The van der Waals surface area contributed by atoms with Crippen molar-refractivity contribution in [3.8, 4) is 5.69 Å². The van der Waals surface area contributed by atoms with Crippen molar-refractivity contribution in [3.05, 3.63) is 65.7 Å². The summed E-state index contributed by atoms with van der Waals surface area (Å²) >= 11 is 0. The lowest BCUT2D eigenvalue weighted by molar-refractivity contribution is 0.0584. The maximum atomic E-state index is 12.9. The Labute approximate surface area is 193 Å². The lowest BCUT2D eigenvalue weighted by Crippen LogP contribution is -2.53. The third-order valence-electron chi connectivity index (χ3n) is 7.12. The molecule has 33 heavy (non-hydrogen) atoms. The quantitative estimate of drug-likeness (QED) is 0.572. The highest BCUT2D eigenvalue weighted by atomic mass is 16.2. The molecule has 2 aromatic heterocycles. The molecule has 0 atom stereocenters. The second-order valence-corrected chi connectivity index (χ2v) is 9.35. The van der Waals surface area contributed by atoms with Crippen molar-refractivity contribution in [3.63, 3.8) is 0 Å². The van der Waals surface area contributed by atoms with Crippen LogP contribution in [0.2, 0.25) is 0 Å². The number of carbonyl (C=O) groups is 2. The number of ketones is 1. The Bertz CT molecular complexity index is 1160. The fourth-order valence-corrected chi connectivity index (χ4v) is 5.39. The Hall–Kier alpha value is -3.26. The topological polar surface area (TPSA) is 76.3 Å². The SMILES string of the molecule is CC(=O)c1ccn(C(=O)N2CCC3(CCCN3Cc3cc(C)cc(-n4cccn4)c3)CC2)n1. The van der Waals surface area contributed by atoms with Crippen LogP contribution in [0.1, 0.15) is 54.2 Å². The van der Waals surface area contributed by atoms with Crippen LogP contribution in [0.15, 0.2) is 48.9 Å². The van der Waals surface area contributed by atoms with E-state index in [1.807, 2.05) is 21.8 Å². The minimum atomic E-state index is -0.149. The third-order valence-corrected chi connectivity index (χ3v) is 7.12. The van der Waals surface area contributed by atoms with Gasteiger partial charge in [-0.15, -0.1) is 0 Å². The van der Waals surface area contributed by atoms with Gasteiger partial charge in [0.2, 0.25) is 0 Å². The Morgan fingerprint density at radius 2 is 1.88 bits per heavy atom. The van der Waals surface area contributed by atoms with Crippen LogP contribution in [0.5, 0.6) is 0 Å². The van der Waals surface area contributed by atoms with E-state index in [0.29, 0.717) is 18.8 Å². The Balaban J connectivity index is 1.27. The molecular weight excluding hydrogens is 416 g/mol. The fourth-order valence-electron chi connectivity index (χ4n) is 5.39. The first-order valence-corrected chi connectivity index (χ1v) is 11.7. The number of carbonyl (C=O) groups excluding carboxylic acids is 2. The van der Waals surface area contributed by atoms with Crippen LogP contribution in [0, 0.1) is 6.92 Å². The molecular formula is C25H30N6O2. The Morgan fingerprint density at radius 1 is 1.06 bits per heavy atom. The predicted octanol–water partition coefficient (Wildman–Crippen LogP) is 3.68. The second-order valence-electron chi connectivity index (χ2n) is 9.35. The molecule has 2 aliphatic rings. The van der Waals surface area contributed by atoms with E-state index in [0.717, 1.165) is 31.6 Å². The van der Waals surface area contributed by atoms with Gasteiger partial charge in [-0.2, -0.15) is 14.9 Å². The average Bonchev–Trinajstić information content (AvgIpc) is 3.56. The van der Waals surface area contributed by atoms with Gasteiger partial charge in [-0.3, -0.25) is 9.69 Å². The molecule has 0 radical (unpaired) electrons. The number of rotatable bonds is 4. The van der Waals surface area contributed by atoms with E-state index in [2.05, 4.69) is 40.2 Å². The lowest BCUT2D eigenvalue weighted by atomic mass is 9.84. The first kappa shape index (κ1) is 21.6. The molecule has 3 aromatic rings. The number of aromatic nitrogens is 4. The summed E-state index contributed by atoms with van der Waals surface area (Å²) in [5, 5.41) is 8.53. The summed E-state index contributed by atoms with van der Waals surface area (Å²) < 4.78 is 3.21. The maximum Gasteiger partial charge on any atom is 0.344 e. The molecule has 8 nitrogen and oxygen atoms in total. The van der Waals surface area contributed by atoms with E-state index in [1.54, 1.807) is 18.5 Å². The van der Waals surface area contributed by atoms with Crippen molar-refractivity contribution in [2.75, 3.05) is 19.6 Å². The highest BCUT2D eigenvalue weighted by Crippen LogP contribution is 2.39. The van der Waals surface area contributed by atoms with E-state index >= 15 is 0 Å². The number of hydrogen-bond donors (Lipinski definition) is 0. The van der Waals surface area contributed by atoms with Crippen LogP contribution >= 0.6 is 0 Å². The minimum absolute atomic E-state index is 0.132. The molecule has 0 aliphatic carbocycles. The van der Waals surface area contributed by atoms with Crippen molar-refractivity contribution in [1.82, 2.24) is 29.4 Å². The van der Waals surface area contributed by atoms with E-state index in [1.165, 1.54) is 35.6 Å². The second kappa shape index (κ2) is 8.59. The summed E-state index contributed by atoms with van der Waals surface area (Å²) in [4.78, 5) is 28.9. The summed E-state index contributed by atoms with van der Waals surface area (Å²) in [6, 6.07) is 10.1. The lowest BCUT2D eigenvalue weighted by Gasteiger charge is -2.45. The molecule has 1 spiro atoms. The Kier molecular flexibility index (Phi) is 5.62. The highest BCUT2D eigenvalue weighted by Gasteiger charge is 2.43. The van der Waals surface area contributed by atoms with Crippen molar-refractivity contribution < 1.29 is 9.59 Å². The largest absolute Gasteiger partial charge is 0.344 e. The highest BCUT2D eigenvalue weighted by molar-refractivity contribution is 5.92. The minimum Gasteiger partial charge on any atom is -0.323 e. The Morgan fingerprint density at radius 3 is 2.58 bits per heavy atom. The van der Waals surface area contributed by atoms with E-state index in [9.17, 15) is 9.59 Å². The normalized spacial score (nSPS) is 18.2. The van der Waals surface area contributed by atoms with Gasteiger partial charge in [0.05, 0.1) is 5.69 Å². The van der Waals surface area contributed by atoms with E-state index < -0.39 is 0 Å². The maximum absolute atomic E-state index is 12.9. The van der Waals surface area contributed by atoms with Gasteiger partial charge in [-0.1, -0.05) is 6.07 Å². The number of nitrogens with zero attached hydrogens (tertiary/aromatic N) is 6. The van der Waals surface area contributed by atoms with Gasteiger partial charge in [0, 0.05) is 50.7 Å². The van der Waals surface area contributed by atoms with Gasteiger partial charge in [-0.25, -0.2) is 9.48 Å². The van der Waals surface area contributed by atoms with Crippen LogP contribution in [-0.2, 0) is 6.54 Å². The van der Waals surface area contributed by atoms with E-state index in [-0.39, 0.29) is 17.4 Å². The van der Waals surface area contributed by atoms with Crippen LogP contribution in [0.3, 0.4) is 0 Å². The summed E-state index contributed by atoms with van der Waals surface area (Å²) in [5.41, 5.74) is 4.09. The molecule has 0 unspecified atom stereocenters. The van der Waals surface area contributed by atoms with Crippen LogP contribution < -0.4 is 0 Å². The standard InChI is InChI=1S/C25H30N6O2/c1-19-15-21(17-22(16-19)30-11-4-9-26-30)18-29-10-3-6-25(29)7-13-28(14-8-25)24(33)31-12-5-23(27-31)20(2)32/h4-5,9,11-12,15-17H,3,6-8,10,13-14,18H2,1-2H3. The molecule has 2 fully saturated rings. The van der Waals surface area contributed by atoms with Crippen molar-refractivity contribution in [2.45, 2.75) is 51.6 Å². The molecule has 1 amide bonds. The molecule has 0 N–H and O–H groups in total. The zero-order valence-electron chi connectivity index (χ0n) is 19.3. The van der Waals surface area contributed by atoms with Gasteiger partial charge < -0.3 is 4.90 Å². The van der Waals surface area contributed by atoms with E-state index in [4.69, 9.17) is 0 Å². The molecule has 1 aromatic carbocycles. The molecule has 5 rings (SSSR count). The third kappa shape index (κ3) is 4.23. The smallest absolute Gasteiger partial charge is 0.323 e. The van der Waals surface area contributed by atoms with Crippen molar-refractivity contribution >= 4 is 11.8 Å². The van der Waals surface area contributed by atoms with Gasteiger partial charge >= 0.3 is 6.03 Å². The van der Waals surface area contributed by atoms with Crippen molar-refractivity contribution in [2.24, 2.45) is 0 Å². The first-order valence-electron chi connectivity index (χ1n) is 11.7. The molecule has 0 bridgehead atoms. The molecule has 0 saturated carbocycles. The number of amides is 1. The molecule has 4 heterocycles. The summed E-state index contributed by atoms with van der Waals surface area (Å²) in [5.74, 6) is -0.132. The number of piperidine rings is 1. The fraction of sp³-hybridized carbons (Fsp3) is 0.440. The first-order chi connectivity index (χ1) is 15.9. The number of Topliss-reactive ketones (excluding diaryl/α,β-unsaturated/α-hetero) is 1. The molecule has 8 heteroatoms. The van der Waals surface area contributed by atoms with Crippen molar-refractivity contribution in [1.29, 1.82) is 0 Å². The number of aryl methyl sites for hydroxylation is 1. The molecule has 172 valence electrons. The zero-order valence-corrected chi connectivity index (χ0v) is 19.3. The predicted molar refractivity (Wildman–Crippen MR) is 125 cm³/mol. The van der Waals surface area contributed by atoms with Crippen LogP contribution in [-0.4, -0.2) is 66.3 Å². The van der Waals surface area contributed by atoms with Gasteiger partial charge in [0.1, 0.15) is 5.69 Å². The van der Waals surface area contributed by atoms with Crippen LogP contribution in [0.4, 0.5) is 4.79 Å². The number of hydrogen-bond acceptors (Lipinski definition) is 5.